The summed E-state index contributed by atoms with van der Waals surface area (Å²) in [6.45, 7) is 0. The molecule has 0 aliphatic rings. The molecular formula is C5H6ClN3O2. The van der Waals surface area contributed by atoms with E-state index in [0.717, 1.165) is 6.33 Å². The fourth-order valence-electron chi connectivity index (χ4n) is 0.489. The van der Waals surface area contributed by atoms with E-state index in [4.69, 9.17) is 10.8 Å². The maximum atomic E-state index is 10.2. The lowest BCUT2D eigenvalue weighted by molar-refractivity contribution is 0.0690. The number of hydrogen-bond donors (Lipinski definition) is 2. The molecular weight excluding hydrogens is 170 g/mol. The topological polar surface area (TPSA) is 89.1 Å². The van der Waals surface area contributed by atoms with Crippen molar-refractivity contribution in [3.05, 3.63) is 18.1 Å². The molecule has 0 spiro atoms. The summed E-state index contributed by atoms with van der Waals surface area (Å²) in [6, 6.07) is 1.20. The van der Waals surface area contributed by atoms with Crippen LogP contribution >= 0.6 is 12.4 Å². The lowest BCUT2D eigenvalue weighted by Gasteiger charge is -1.91. The number of carboxylic acids is 1. The minimum absolute atomic E-state index is 0. The third-order valence-electron chi connectivity index (χ3n) is 0.907. The second kappa shape index (κ2) is 3.72. The number of aromatic nitrogens is 2. The van der Waals surface area contributed by atoms with Crippen molar-refractivity contribution in [2.45, 2.75) is 0 Å². The molecule has 1 heterocycles. The first-order chi connectivity index (χ1) is 4.70. The fourth-order valence-corrected chi connectivity index (χ4v) is 0.489. The summed E-state index contributed by atoms with van der Waals surface area (Å²) in [5, 5.41) is 8.36. The van der Waals surface area contributed by atoms with Gasteiger partial charge >= 0.3 is 5.97 Å². The molecule has 0 saturated carbocycles. The van der Waals surface area contributed by atoms with Gasteiger partial charge in [0.15, 0.2) is 5.69 Å². The van der Waals surface area contributed by atoms with Crippen molar-refractivity contribution in [2.75, 3.05) is 5.73 Å². The summed E-state index contributed by atoms with van der Waals surface area (Å²) < 4.78 is 0. The summed E-state index contributed by atoms with van der Waals surface area (Å²) in [6.07, 6.45) is 1.11. The predicted molar refractivity (Wildman–Crippen MR) is 40.7 cm³/mol. The lowest BCUT2D eigenvalue weighted by atomic mass is 10.4. The Kier molecular flexibility index (Phi) is 3.26. The Hall–Kier alpha value is -1.36. The molecule has 0 aliphatic carbocycles. The van der Waals surface area contributed by atoms with Crippen LogP contribution in [0.15, 0.2) is 12.4 Å². The zero-order chi connectivity index (χ0) is 7.56. The molecule has 0 aliphatic heterocycles. The summed E-state index contributed by atoms with van der Waals surface area (Å²) in [4.78, 5) is 17.2. The molecule has 0 atom stereocenters. The van der Waals surface area contributed by atoms with E-state index < -0.39 is 5.97 Å². The smallest absolute Gasteiger partial charge is 0.354 e. The second-order valence-corrected chi connectivity index (χ2v) is 1.63. The number of aromatic carboxylic acids is 1. The molecule has 11 heavy (non-hydrogen) atoms. The van der Waals surface area contributed by atoms with E-state index in [1.54, 1.807) is 0 Å². The van der Waals surface area contributed by atoms with E-state index in [9.17, 15) is 4.79 Å². The van der Waals surface area contributed by atoms with E-state index in [2.05, 4.69) is 9.97 Å². The Morgan fingerprint density at radius 1 is 1.55 bits per heavy atom. The SMILES string of the molecule is Cl.Nc1cc(C(=O)O)ncn1. The normalized spacial score (nSPS) is 8.36. The molecule has 1 rings (SSSR count). The van der Waals surface area contributed by atoms with Gasteiger partial charge < -0.3 is 10.8 Å². The largest absolute Gasteiger partial charge is 0.477 e. The van der Waals surface area contributed by atoms with Crippen molar-refractivity contribution in [1.29, 1.82) is 0 Å². The third kappa shape index (κ3) is 2.38. The van der Waals surface area contributed by atoms with Crippen LogP contribution < -0.4 is 5.73 Å². The van der Waals surface area contributed by atoms with Gasteiger partial charge in [0.25, 0.3) is 0 Å². The maximum Gasteiger partial charge on any atom is 0.354 e. The van der Waals surface area contributed by atoms with E-state index in [0.29, 0.717) is 0 Å². The molecule has 0 saturated heterocycles. The van der Waals surface area contributed by atoms with Crippen LogP contribution in [0, 0.1) is 0 Å². The van der Waals surface area contributed by atoms with E-state index in [1.807, 2.05) is 0 Å². The number of rotatable bonds is 1. The Morgan fingerprint density at radius 3 is 2.55 bits per heavy atom. The molecule has 1 aromatic heterocycles. The first-order valence-electron chi connectivity index (χ1n) is 2.51. The summed E-state index contributed by atoms with van der Waals surface area (Å²) in [7, 11) is 0. The standard InChI is InChI=1S/C5H5N3O2.ClH/c6-4-1-3(5(9)10)7-2-8-4;/h1-2H,(H,9,10)(H2,6,7,8);1H. The van der Waals surface area contributed by atoms with Crippen LogP contribution in [0.3, 0.4) is 0 Å². The van der Waals surface area contributed by atoms with Gasteiger partial charge in [-0.05, 0) is 0 Å². The highest BCUT2D eigenvalue weighted by molar-refractivity contribution is 5.86. The van der Waals surface area contributed by atoms with Crippen LogP contribution in [0.2, 0.25) is 0 Å². The van der Waals surface area contributed by atoms with Gasteiger partial charge in [-0.15, -0.1) is 12.4 Å². The highest BCUT2D eigenvalue weighted by Crippen LogP contribution is 1.97. The molecule has 0 radical (unpaired) electrons. The first-order valence-corrected chi connectivity index (χ1v) is 2.51. The number of halogens is 1. The second-order valence-electron chi connectivity index (χ2n) is 1.63. The van der Waals surface area contributed by atoms with Crippen molar-refractivity contribution in [3.8, 4) is 0 Å². The number of carboxylic acid groups (broad SMARTS) is 1. The monoisotopic (exact) mass is 175 g/mol. The van der Waals surface area contributed by atoms with Gasteiger partial charge in [0.05, 0.1) is 0 Å². The number of carbonyl (C=O) groups is 1. The number of nitrogens with two attached hydrogens (primary N) is 1. The van der Waals surface area contributed by atoms with Gasteiger partial charge in [-0.2, -0.15) is 0 Å². The van der Waals surface area contributed by atoms with Crippen LogP contribution in [0.1, 0.15) is 10.5 Å². The molecule has 5 nitrogen and oxygen atoms in total. The van der Waals surface area contributed by atoms with Crippen LogP contribution in [0.4, 0.5) is 5.82 Å². The Morgan fingerprint density at radius 2 is 2.18 bits per heavy atom. The summed E-state index contributed by atoms with van der Waals surface area (Å²) >= 11 is 0. The highest BCUT2D eigenvalue weighted by Gasteiger charge is 2.02. The number of hydrogen-bond acceptors (Lipinski definition) is 4. The molecule has 0 amide bonds. The highest BCUT2D eigenvalue weighted by atomic mass is 35.5. The van der Waals surface area contributed by atoms with Crippen LogP contribution in [0.5, 0.6) is 0 Å². The van der Waals surface area contributed by atoms with Gasteiger partial charge in [-0.25, -0.2) is 14.8 Å². The van der Waals surface area contributed by atoms with E-state index in [-0.39, 0.29) is 23.9 Å². The maximum absolute atomic E-state index is 10.2. The first kappa shape index (κ1) is 9.64. The third-order valence-corrected chi connectivity index (χ3v) is 0.907. The van der Waals surface area contributed by atoms with Gasteiger partial charge in [0.1, 0.15) is 12.1 Å². The van der Waals surface area contributed by atoms with Gasteiger partial charge in [0.2, 0.25) is 0 Å². The molecule has 0 aromatic carbocycles. The van der Waals surface area contributed by atoms with Crippen LogP contribution in [0.25, 0.3) is 0 Å². The number of anilines is 1. The zero-order valence-corrected chi connectivity index (χ0v) is 6.21. The Bertz CT molecular complexity index is 266. The average molecular weight is 176 g/mol. The average Bonchev–Trinajstić information content (AvgIpc) is 1.88. The quantitative estimate of drug-likeness (QED) is 0.636. The van der Waals surface area contributed by atoms with Crippen molar-refractivity contribution in [2.24, 2.45) is 0 Å². The molecule has 6 heteroatoms. The van der Waals surface area contributed by atoms with Gasteiger partial charge in [-0.1, -0.05) is 0 Å². The van der Waals surface area contributed by atoms with Crippen LogP contribution in [-0.4, -0.2) is 21.0 Å². The predicted octanol–water partition coefficient (Wildman–Crippen LogP) is 0.179. The van der Waals surface area contributed by atoms with Crippen LogP contribution in [-0.2, 0) is 0 Å². The molecule has 60 valence electrons. The van der Waals surface area contributed by atoms with Crippen molar-refractivity contribution >= 4 is 24.2 Å². The van der Waals surface area contributed by atoms with Crippen molar-refractivity contribution in [1.82, 2.24) is 9.97 Å². The minimum Gasteiger partial charge on any atom is -0.477 e. The number of nitrogen functional groups attached to an aromatic ring is 1. The van der Waals surface area contributed by atoms with Crippen molar-refractivity contribution < 1.29 is 9.90 Å². The minimum atomic E-state index is -1.10. The summed E-state index contributed by atoms with van der Waals surface area (Å²) in [5.74, 6) is -0.943. The Balaban J connectivity index is 0.000001000. The van der Waals surface area contributed by atoms with Gasteiger partial charge in [0, 0.05) is 6.07 Å². The Labute approximate surface area is 68.7 Å². The van der Waals surface area contributed by atoms with E-state index >= 15 is 0 Å². The molecule has 3 N–H and O–H groups in total. The van der Waals surface area contributed by atoms with Crippen molar-refractivity contribution in [3.63, 3.8) is 0 Å². The lowest BCUT2D eigenvalue weighted by Crippen LogP contribution is -2.02. The molecule has 0 unspecified atom stereocenters. The molecule has 0 bridgehead atoms. The molecule has 0 fully saturated rings. The fraction of sp³-hybridized carbons (Fsp3) is 0. The zero-order valence-electron chi connectivity index (χ0n) is 5.39. The number of nitrogens with zero attached hydrogens (tertiary/aromatic N) is 2. The van der Waals surface area contributed by atoms with Gasteiger partial charge in [-0.3, -0.25) is 0 Å². The summed E-state index contributed by atoms with van der Waals surface area (Å²) in [5.41, 5.74) is 5.09. The molecule has 1 aromatic rings. The van der Waals surface area contributed by atoms with E-state index in [1.165, 1.54) is 6.07 Å².